The number of carbonyl (C=O) groups excluding carboxylic acids is 3. The number of hydrogen-bond acceptors (Lipinski definition) is 4. The zero-order chi connectivity index (χ0) is 18.2. The highest BCUT2D eigenvalue weighted by Gasteiger charge is 2.46. The first-order valence-electron chi connectivity index (χ1n) is 8.95. The van der Waals surface area contributed by atoms with Crippen LogP contribution in [0.15, 0.2) is 0 Å². The van der Waals surface area contributed by atoms with E-state index in [9.17, 15) is 19.5 Å². The Morgan fingerprint density at radius 2 is 1.84 bits per heavy atom. The zero-order valence-electron chi connectivity index (χ0n) is 15.1. The van der Waals surface area contributed by atoms with Crippen LogP contribution in [0, 0.1) is 5.41 Å². The number of carbonyl (C=O) groups is 3. The molecule has 25 heavy (non-hydrogen) atoms. The van der Waals surface area contributed by atoms with Crippen LogP contribution in [-0.2, 0) is 9.59 Å². The Balaban J connectivity index is 1.76. The van der Waals surface area contributed by atoms with Gasteiger partial charge in [-0.1, -0.05) is 0 Å². The van der Waals surface area contributed by atoms with E-state index in [0.717, 1.165) is 6.42 Å². The van der Waals surface area contributed by atoms with Crippen LogP contribution in [0.1, 0.15) is 32.1 Å². The number of hydrogen-bond donors (Lipinski definition) is 2. The second kappa shape index (κ2) is 6.48. The molecule has 2 aliphatic heterocycles. The maximum atomic E-state index is 12.7. The molecule has 0 aromatic heterocycles. The average molecular weight is 352 g/mol. The van der Waals surface area contributed by atoms with Gasteiger partial charge in [-0.05, 0) is 19.3 Å². The van der Waals surface area contributed by atoms with Crippen LogP contribution in [0.4, 0.5) is 4.79 Å². The quantitative estimate of drug-likeness (QED) is 0.709. The third kappa shape index (κ3) is 3.73. The number of nitrogens with zero attached hydrogens (tertiary/aromatic N) is 3. The summed E-state index contributed by atoms with van der Waals surface area (Å²) in [6.07, 6.45) is 2.74. The molecule has 2 saturated heterocycles. The second-order valence-electron chi connectivity index (χ2n) is 8.12. The van der Waals surface area contributed by atoms with Gasteiger partial charge < -0.3 is 25.1 Å². The molecule has 1 spiro atoms. The van der Waals surface area contributed by atoms with Gasteiger partial charge in [0.1, 0.15) is 0 Å². The van der Waals surface area contributed by atoms with E-state index in [1.54, 1.807) is 23.9 Å². The molecule has 1 atom stereocenters. The molecule has 0 aromatic carbocycles. The van der Waals surface area contributed by atoms with Crippen molar-refractivity contribution in [1.82, 2.24) is 20.0 Å². The Hall–Kier alpha value is -1.83. The Morgan fingerprint density at radius 1 is 1.20 bits per heavy atom. The van der Waals surface area contributed by atoms with Gasteiger partial charge in [-0.25, -0.2) is 4.79 Å². The number of rotatable bonds is 2. The van der Waals surface area contributed by atoms with Crippen molar-refractivity contribution in [3.63, 3.8) is 0 Å². The molecule has 140 valence electrons. The normalized spacial score (nSPS) is 28.4. The number of amides is 4. The summed E-state index contributed by atoms with van der Waals surface area (Å²) in [5.74, 6) is -0.121. The fraction of sp³-hybridized carbons (Fsp3) is 0.824. The summed E-state index contributed by atoms with van der Waals surface area (Å²) in [5.41, 5.74) is -1.31. The third-order valence-corrected chi connectivity index (χ3v) is 5.66. The van der Waals surface area contributed by atoms with E-state index >= 15 is 0 Å². The Labute approximate surface area is 148 Å². The van der Waals surface area contributed by atoms with Crippen LogP contribution in [-0.4, -0.2) is 90.1 Å². The second-order valence-corrected chi connectivity index (χ2v) is 8.12. The van der Waals surface area contributed by atoms with Crippen LogP contribution in [0.25, 0.3) is 0 Å². The summed E-state index contributed by atoms with van der Waals surface area (Å²) in [5, 5.41) is 13.2. The van der Waals surface area contributed by atoms with E-state index in [-0.39, 0.29) is 24.3 Å². The minimum atomic E-state index is -0.862. The molecule has 4 amide bonds. The lowest BCUT2D eigenvalue weighted by Crippen LogP contribution is -2.48. The summed E-state index contributed by atoms with van der Waals surface area (Å²) in [7, 11) is 3.40. The molecular weight excluding hydrogens is 324 g/mol. The molecule has 0 aromatic rings. The minimum Gasteiger partial charge on any atom is -0.389 e. The predicted octanol–water partition coefficient (Wildman–Crippen LogP) is -0.376. The van der Waals surface area contributed by atoms with Crippen molar-refractivity contribution in [3.05, 3.63) is 0 Å². The minimum absolute atomic E-state index is 0.0378. The molecule has 0 radical (unpaired) electrons. The number of nitrogens with one attached hydrogen (secondary N) is 1. The van der Waals surface area contributed by atoms with E-state index in [1.807, 2.05) is 0 Å². The SMILES string of the molecule is CN(C)C(=O)N1CCN(C(=O)CC2(O)CCC2)CC2(CNC(=O)C2)C1. The summed E-state index contributed by atoms with van der Waals surface area (Å²) < 4.78 is 0. The van der Waals surface area contributed by atoms with Gasteiger partial charge in [-0.2, -0.15) is 0 Å². The highest BCUT2D eigenvalue weighted by Crippen LogP contribution is 2.36. The Kier molecular flexibility index (Phi) is 4.66. The van der Waals surface area contributed by atoms with Gasteiger partial charge in [0.25, 0.3) is 0 Å². The maximum absolute atomic E-state index is 12.7. The monoisotopic (exact) mass is 352 g/mol. The van der Waals surface area contributed by atoms with Crippen molar-refractivity contribution >= 4 is 17.8 Å². The lowest BCUT2D eigenvalue weighted by molar-refractivity contribution is -0.141. The lowest BCUT2D eigenvalue weighted by atomic mass is 9.77. The predicted molar refractivity (Wildman–Crippen MR) is 90.7 cm³/mol. The molecule has 8 heteroatoms. The van der Waals surface area contributed by atoms with Gasteiger partial charge in [-0.3, -0.25) is 9.59 Å². The zero-order valence-corrected chi connectivity index (χ0v) is 15.1. The van der Waals surface area contributed by atoms with Gasteiger partial charge in [0.15, 0.2) is 0 Å². The van der Waals surface area contributed by atoms with Gasteiger partial charge in [0.05, 0.1) is 12.0 Å². The highest BCUT2D eigenvalue weighted by atomic mass is 16.3. The van der Waals surface area contributed by atoms with Crippen LogP contribution in [0.2, 0.25) is 0 Å². The first-order valence-corrected chi connectivity index (χ1v) is 8.95. The number of aliphatic hydroxyl groups is 1. The molecule has 2 heterocycles. The molecule has 8 nitrogen and oxygen atoms in total. The third-order valence-electron chi connectivity index (χ3n) is 5.66. The Morgan fingerprint density at radius 3 is 2.36 bits per heavy atom. The molecule has 2 N–H and O–H groups in total. The molecule has 1 unspecified atom stereocenters. The molecule has 1 aliphatic carbocycles. The van der Waals surface area contributed by atoms with Crippen molar-refractivity contribution in [3.8, 4) is 0 Å². The van der Waals surface area contributed by atoms with E-state index in [2.05, 4.69) is 5.32 Å². The van der Waals surface area contributed by atoms with E-state index < -0.39 is 11.0 Å². The Bertz CT molecular complexity index is 575. The topological polar surface area (TPSA) is 93.2 Å². The molecule has 3 rings (SSSR count). The van der Waals surface area contributed by atoms with Gasteiger partial charge in [-0.15, -0.1) is 0 Å². The fourth-order valence-corrected chi connectivity index (χ4v) is 4.05. The highest BCUT2D eigenvalue weighted by molar-refractivity contribution is 5.81. The molecular formula is C17H28N4O4. The summed E-state index contributed by atoms with van der Waals surface area (Å²) >= 11 is 0. The van der Waals surface area contributed by atoms with Gasteiger partial charge in [0, 0.05) is 58.7 Å². The van der Waals surface area contributed by atoms with E-state index in [4.69, 9.17) is 0 Å². The maximum Gasteiger partial charge on any atom is 0.319 e. The van der Waals surface area contributed by atoms with Crippen molar-refractivity contribution in [1.29, 1.82) is 0 Å². The number of urea groups is 1. The lowest BCUT2D eigenvalue weighted by Gasteiger charge is -2.38. The van der Waals surface area contributed by atoms with E-state index in [0.29, 0.717) is 52.0 Å². The largest absolute Gasteiger partial charge is 0.389 e. The first kappa shape index (κ1) is 18.0. The summed E-state index contributed by atoms with van der Waals surface area (Å²) in [6, 6.07) is -0.106. The van der Waals surface area contributed by atoms with Crippen molar-refractivity contribution < 1.29 is 19.5 Å². The average Bonchev–Trinajstić information content (AvgIpc) is 2.76. The molecule has 3 fully saturated rings. The standard InChI is InChI=1S/C17H28N4O4/c1-19(2)15(24)21-7-6-20(14(23)9-17(25)4-3-5-17)11-16(12-21)8-13(22)18-10-16/h25H,3-12H2,1-2H3,(H,18,22). The first-order chi connectivity index (χ1) is 11.7. The van der Waals surface area contributed by atoms with Crippen LogP contribution < -0.4 is 5.32 Å². The van der Waals surface area contributed by atoms with Crippen molar-refractivity contribution in [2.75, 3.05) is 46.8 Å². The smallest absolute Gasteiger partial charge is 0.319 e. The van der Waals surface area contributed by atoms with Crippen LogP contribution in [0.5, 0.6) is 0 Å². The summed E-state index contributed by atoms with van der Waals surface area (Å²) in [4.78, 5) is 42.0. The molecule has 0 bridgehead atoms. The molecule has 3 aliphatic rings. The van der Waals surface area contributed by atoms with Crippen molar-refractivity contribution in [2.45, 2.75) is 37.7 Å². The fourth-order valence-electron chi connectivity index (χ4n) is 4.05. The summed E-state index contributed by atoms with van der Waals surface area (Å²) in [6.45, 7) is 2.24. The van der Waals surface area contributed by atoms with Crippen LogP contribution in [0.3, 0.4) is 0 Å². The van der Waals surface area contributed by atoms with Gasteiger partial charge in [0.2, 0.25) is 11.8 Å². The van der Waals surface area contributed by atoms with Gasteiger partial charge >= 0.3 is 6.03 Å². The molecule has 1 saturated carbocycles. The van der Waals surface area contributed by atoms with E-state index in [1.165, 1.54) is 4.90 Å². The van der Waals surface area contributed by atoms with Crippen molar-refractivity contribution in [2.24, 2.45) is 5.41 Å². The van der Waals surface area contributed by atoms with Crippen LogP contribution >= 0.6 is 0 Å².